The van der Waals surface area contributed by atoms with E-state index < -0.39 is 0 Å². The Balaban J connectivity index is 2.15. The van der Waals surface area contributed by atoms with Crippen LogP contribution in [0.4, 0.5) is 0 Å². The van der Waals surface area contributed by atoms with Crippen molar-refractivity contribution in [1.29, 1.82) is 0 Å². The third-order valence-corrected chi connectivity index (χ3v) is 3.91. The first-order chi connectivity index (χ1) is 12.1. The van der Waals surface area contributed by atoms with E-state index >= 15 is 0 Å². The van der Waals surface area contributed by atoms with Crippen LogP contribution in [-0.4, -0.2) is 22.1 Å². The number of nitrogens with zero attached hydrogens (tertiary/aromatic N) is 2. The highest BCUT2D eigenvalue weighted by Crippen LogP contribution is 2.29. The SMILES string of the molecule is C=COc1cc(C(=O)OCC)cc2c1nc(C)n2Cc1ccccc1. The van der Waals surface area contributed by atoms with Gasteiger partial charge in [0.1, 0.15) is 11.3 Å². The van der Waals surface area contributed by atoms with Gasteiger partial charge in [-0.15, -0.1) is 0 Å². The van der Waals surface area contributed by atoms with Crippen LogP contribution in [0.15, 0.2) is 55.3 Å². The topological polar surface area (TPSA) is 53.4 Å². The summed E-state index contributed by atoms with van der Waals surface area (Å²) >= 11 is 0. The number of fused-ring (bicyclic) bond motifs is 1. The predicted octanol–water partition coefficient (Wildman–Crippen LogP) is 4.09. The highest BCUT2D eigenvalue weighted by Gasteiger charge is 2.17. The van der Waals surface area contributed by atoms with E-state index in [9.17, 15) is 4.79 Å². The van der Waals surface area contributed by atoms with Gasteiger partial charge in [-0.2, -0.15) is 0 Å². The summed E-state index contributed by atoms with van der Waals surface area (Å²) in [4.78, 5) is 16.8. The molecule has 0 aliphatic rings. The molecule has 0 amide bonds. The van der Waals surface area contributed by atoms with Crippen molar-refractivity contribution >= 4 is 17.0 Å². The van der Waals surface area contributed by atoms with E-state index in [1.165, 1.54) is 6.26 Å². The van der Waals surface area contributed by atoms with Crippen LogP contribution in [0.5, 0.6) is 5.75 Å². The number of benzene rings is 2. The van der Waals surface area contributed by atoms with Gasteiger partial charge in [0.15, 0.2) is 5.75 Å². The number of aromatic nitrogens is 2. The Morgan fingerprint density at radius 1 is 1.28 bits per heavy atom. The third-order valence-electron chi connectivity index (χ3n) is 3.91. The minimum absolute atomic E-state index is 0.316. The predicted molar refractivity (Wildman–Crippen MR) is 96.8 cm³/mol. The fourth-order valence-corrected chi connectivity index (χ4v) is 2.79. The summed E-state index contributed by atoms with van der Waals surface area (Å²) in [6.07, 6.45) is 1.33. The Morgan fingerprint density at radius 2 is 2.04 bits per heavy atom. The monoisotopic (exact) mass is 336 g/mol. The number of hydrogen-bond acceptors (Lipinski definition) is 4. The second kappa shape index (κ2) is 7.21. The van der Waals surface area contributed by atoms with Gasteiger partial charge in [-0.05, 0) is 31.5 Å². The van der Waals surface area contributed by atoms with Gasteiger partial charge in [0.05, 0.1) is 23.9 Å². The Hall–Kier alpha value is -3.08. The van der Waals surface area contributed by atoms with Crippen LogP contribution in [-0.2, 0) is 11.3 Å². The standard InChI is InChI=1S/C20H20N2O3/c1-4-24-18-12-16(20(23)25-5-2)11-17-19(18)21-14(3)22(17)13-15-9-7-6-8-10-15/h4,6-12H,1,5,13H2,2-3H3. The highest BCUT2D eigenvalue weighted by atomic mass is 16.5. The van der Waals surface area contributed by atoms with E-state index in [4.69, 9.17) is 9.47 Å². The maximum absolute atomic E-state index is 12.2. The molecule has 128 valence electrons. The molecule has 1 aromatic heterocycles. The summed E-state index contributed by atoms with van der Waals surface area (Å²) in [5.74, 6) is 0.947. The lowest BCUT2D eigenvalue weighted by Crippen LogP contribution is -2.06. The van der Waals surface area contributed by atoms with E-state index in [2.05, 4.69) is 28.3 Å². The number of ether oxygens (including phenoxy) is 2. The van der Waals surface area contributed by atoms with E-state index in [-0.39, 0.29) is 5.97 Å². The van der Waals surface area contributed by atoms with Crippen molar-refractivity contribution in [2.45, 2.75) is 20.4 Å². The number of aryl methyl sites for hydroxylation is 1. The van der Waals surface area contributed by atoms with Crippen LogP contribution in [0.2, 0.25) is 0 Å². The molecule has 25 heavy (non-hydrogen) atoms. The van der Waals surface area contributed by atoms with Gasteiger partial charge in [-0.25, -0.2) is 9.78 Å². The van der Waals surface area contributed by atoms with Gasteiger partial charge >= 0.3 is 5.97 Å². The van der Waals surface area contributed by atoms with E-state index in [0.717, 1.165) is 16.9 Å². The fraction of sp³-hybridized carbons (Fsp3) is 0.200. The summed E-state index contributed by atoms with van der Waals surface area (Å²) in [7, 11) is 0. The Bertz CT molecular complexity index is 914. The Labute approximate surface area is 146 Å². The van der Waals surface area contributed by atoms with Crippen molar-refractivity contribution in [3.63, 3.8) is 0 Å². The molecule has 3 rings (SSSR count). The molecule has 0 spiro atoms. The van der Waals surface area contributed by atoms with E-state index in [1.54, 1.807) is 19.1 Å². The fourth-order valence-electron chi connectivity index (χ4n) is 2.79. The Morgan fingerprint density at radius 3 is 2.72 bits per heavy atom. The van der Waals surface area contributed by atoms with Crippen molar-refractivity contribution in [2.75, 3.05) is 6.61 Å². The molecule has 5 nitrogen and oxygen atoms in total. The second-order valence-corrected chi connectivity index (χ2v) is 5.58. The molecule has 0 aliphatic heterocycles. The van der Waals surface area contributed by atoms with Crippen molar-refractivity contribution in [3.05, 3.63) is 72.3 Å². The molecule has 0 saturated carbocycles. The molecule has 0 saturated heterocycles. The zero-order chi connectivity index (χ0) is 17.8. The maximum atomic E-state index is 12.2. The van der Waals surface area contributed by atoms with Gasteiger partial charge in [0.2, 0.25) is 0 Å². The largest absolute Gasteiger partial charge is 0.463 e. The molecule has 0 bridgehead atoms. The zero-order valence-electron chi connectivity index (χ0n) is 14.4. The van der Waals surface area contributed by atoms with Gasteiger partial charge < -0.3 is 14.0 Å². The summed E-state index contributed by atoms with van der Waals surface area (Å²) < 4.78 is 12.7. The maximum Gasteiger partial charge on any atom is 0.338 e. The van der Waals surface area contributed by atoms with Crippen LogP contribution in [0.1, 0.15) is 28.7 Å². The number of esters is 1. The van der Waals surface area contributed by atoms with Crippen LogP contribution >= 0.6 is 0 Å². The molecular weight excluding hydrogens is 316 g/mol. The van der Waals surface area contributed by atoms with Crippen LogP contribution < -0.4 is 4.74 Å². The lowest BCUT2D eigenvalue weighted by Gasteiger charge is -2.09. The minimum Gasteiger partial charge on any atom is -0.463 e. The molecular formula is C20H20N2O3. The highest BCUT2D eigenvalue weighted by molar-refractivity contribution is 5.96. The zero-order valence-corrected chi connectivity index (χ0v) is 14.4. The average Bonchev–Trinajstić information content (AvgIpc) is 2.92. The molecule has 3 aromatic rings. The lowest BCUT2D eigenvalue weighted by molar-refractivity contribution is 0.0526. The first-order valence-corrected chi connectivity index (χ1v) is 8.13. The molecule has 2 aromatic carbocycles. The molecule has 0 aliphatic carbocycles. The quantitative estimate of drug-likeness (QED) is 0.502. The molecule has 0 radical (unpaired) electrons. The molecule has 5 heteroatoms. The second-order valence-electron chi connectivity index (χ2n) is 5.58. The van der Waals surface area contributed by atoms with Gasteiger partial charge in [0.25, 0.3) is 0 Å². The molecule has 0 unspecified atom stereocenters. The summed E-state index contributed by atoms with van der Waals surface area (Å²) in [5, 5.41) is 0. The van der Waals surface area contributed by atoms with Crippen molar-refractivity contribution in [1.82, 2.24) is 9.55 Å². The first kappa shape index (κ1) is 16.8. The Kier molecular flexibility index (Phi) is 4.84. The summed E-state index contributed by atoms with van der Waals surface area (Å²) in [5.41, 5.74) is 3.10. The molecule has 0 atom stereocenters. The smallest absolute Gasteiger partial charge is 0.338 e. The number of rotatable bonds is 6. The normalized spacial score (nSPS) is 10.6. The molecule has 1 heterocycles. The van der Waals surface area contributed by atoms with E-state index in [0.29, 0.717) is 30.0 Å². The van der Waals surface area contributed by atoms with Crippen LogP contribution in [0.25, 0.3) is 11.0 Å². The van der Waals surface area contributed by atoms with Crippen LogP contribution in [0, 0.1) is 6.92 Å². The number of imidazole rings is 1. The number of carbonyl (C=O) groups is 1. The number of hydrogen-bond donors (Lipinski definition) is 0. The average molecular weight is 336 g/mol. The molecule has 0 N–H and O–H groups in total. The minimum atomic E-state index is -0.386. The third kappa shape index (κ3) is 3.40. The summed E-state index contributed by atoms with van der Waals surface area (Å²) in [6.45, 7) is 8.28. The van der Waals surface area contributed by atoms with Gasteiger partial charge in [-0.1, -0.05) is 36.9 Å². The first-order valence-electron chi connectivity index (χ1n) is 8.13. The van der Waals surface area contributed by atoms with Gasteiger partial charge in [-0.3, -0.25) is 0 Å². The van der Waals surface area contributed by atoms with Gasteiger partial charge in [0, 0.05) is 6.54 Å². The van der Waals surface area contributed by atoms with Crippen molar-refractivity contribution in [3.8, 4) is 5.75 Å². The van der Waals surface area contributed by atoms with E-state index in [1.807, 2.05) is 25.1 Å². The van der Waals surface area contributed by atoms with Crippen LogP contribution in [0.3, 0.4) is 0 Å². The molecule has 0 fully saturated rings. The van der Waals surface area contributed by atoms with Crippen molar-refractivity contribution < 1.29 is 14.3 Å². The summed E-state index contributed by atoms with van der Waals surface area (Å²) in [6, 6.07) is 13.5. The number of carbonyl (C=O) groups excluding carboxylic acids is 1. The lowest BCUT2D eigenvalue weighted by atomic mass is 10.1. The van der Waals surface area contributed by atoms with Crippen molar-refractivity contribution in [2.24, 2.45) is 0 Å².